The molecule has 2 aliphatic rings. The first kappa shape index (κ1) is 29.4. The van der Waals surface area contributed by atoms with E-state index in [4.69, 9.17) is 19.9 Å². The molecule has 38 heavy (non-hydrogen) atoms. The fourth-order valence-electron chi connectivity index (χ4n) is 5.57. The van der Waals surface area contributed by atoms with Gasteiger partial charge in [0.25, 0.3) is 0 Å². The molecule has 1 saturated carbocycles. The van der Waals surface area contributed by atoms with E-state index in [1.165, 1.54) is 40.2 Å². The molecule has 1 aromatic rings. The number of nitrogens with two attached hydrogens (primary N) is 1. The Hall–Kier alpha value is -3.16. The average Bonchev–Trinajstić information content (AvgIpc) is 2.83. The van der Waals surface area contributed by atoms with E-state index >= 15 is 0 Å². The zero-order valence-electron chi connectivity index (χ0n) is 23.1. The number of dihydropyridines is 1. The highest BCUT2D eigenvalue weighted by atomic mass is 16.6. The number of hydrogen-bond donors (Lipinski definition) is 3. The predicted molar refractivity (Wildman–Crippen MR) is 147 cm³/mol. The second kappa shape index (κ2) is 14.7. The summed E-state index contributed by atoms with van der Waals surface area (Å²) in [5.74, 6) is 0.741. The molecular formula is C30H44N2O6. The Morgan fingerprint density at radius 2 is 1.76 bits per heavy atom. The van der Waals surface area contributed by atoms with Crippen molar-refractivity contribution in [1.29, 1.82) is 0 Å². The molecule has 3 rings (SSSR count). The van der Waals surface area contributed by atoms with Crippen molar-refractivity contribution in [2.24, 2.45) is 11.7 Å². The molecule has 0 bridgehead atoms. The number of ether oxygens (including phenoxy) is 3. The molecule has 0 spiro atoms. The number of phenols is 1. The molecule has 2 unspecified atom stereocenters. The third-order valence-electron chi connectivity index (χ3n) is 7.42. The molecule has 0 radical (unpaired) electrons. The lowest BCUT2D eigenvalue weighted by molar-refractivity contribution is -0.156. The number of aryl methyl sites for hydroxylation is 1. The number of nitrogens with one attached hydrogen (secondary N) is 1. The summed E-state index contributed by atoms with van der Waals surface area (Å²) in [6, 6.07) is 3.79. The highest BCUT2D eigenvalue weighted by molar-refractivity contribution is 5.66. The lowest BCUT2D eigenvalue weighted by atomic mass is 9.84. The third-order valence-corrected chi connectivity index (χ3v) is 7.42. The first-order valence-electron chi connectivity index (χ1n) is 13.9. The van der Waals surface area contributed by atoms with Crippen LogP contribution in [0.25, 0.3) is 0 Å². The molecule has 0 aromatic heterocycles. The number of benzene rings is 1. The summed E-state index contributed by atoms with van der Waals surface area (Å²) in [5.41, 5.74) is 8.63. The van der Waals surface area contributed by atoms with Gasteiger partial charge in [-0.2, -0.15) is 0 Å². The Bertz CT molecular complexity index is 1010. The Morgan fingerprint density at radius 1 is 1.08 bits per heavy atom. The number of hydrogen-bond acceptors (Lipinski definition) is 8. The molecule has 210 valence electrons. The third kappa shape index (κ3) is 9.30. The lowest BCUT2D eigenvalue weighted by Gasteiger charge is -2.31. The topological polar surface area (TPSA) is 120 Å². The van der Waals surface area contributed by atoms with Crippen LogP contribution in [0.5, 0.6) is 11.5 Å². The average molecular weight is 529 g/mol. The predicted octanol–water partition coefficient (Wildman–Crippen LogP) is 4.82. The van der Waals surface area contributed by atoms with Crippen LogP contribution in [0.4, 0.5) is 0 Å². The summed E-state index contributed by atoms with van der Waals surface area (Å²) in [7, 11) is 1.53. The van der Waals surface area contributed by atoms with Gasteiger partial charge in [-0.1, -0.05) is 44.2 Å². The van der Waals surface area contributed by atoms with E-state index in [1.807, 2.05) is 24.3 Å². The maximum absolute atomic E-state index is 12.0. The number of carbonyl (C=O) groups excluding carboxylic acids is 2. The SMILES string of the molecule is COc1cc(CCC(CC(OC(C)=O)C2CCCCCCC2)OC(C)=O)cc(CC2=CCNC(N)=C2)c1O. The second-order valence-electron chi connectivity index (χ2n) is 10.5. The Balaban J connectivity index is 1.75. The summed E-state index contributed by atoms with van der Waals surface area (Å²) in [6.45, 7) is 3.50. The monoisotopic (exact) mass is 528 g/mol. The minimum atomic E-state index is -0.389. The van der Waals surface area contributed by atoms with Crippen LogP contribution in [0.2, 0.25) is 0 Å². The van der Waals surface area contributed by atoms with E-state index < -0.39 is 0 Å². The van der Waals surface area contributed by atoms with Crippen LogP contribution >= 0.6 is 0 Å². The van der Waals surface area contributed by atoms with Gasteiger partial charge in [-0.05, 0) is 54.9 Å². The van der Waals surface area contributed by atoms with Gasteiger partial charge < -0.3 is 30.4 Å². The minimum absolute atomic E-state index is 0.110. The molecule has 8 nitrogen and oxygen atoms in total. The fraction of sp³-hybridized carbons (Fsp3) is 0.600. The van der Waals surface area contributed by atoms with Gasteiger partial charge in [-0.15, -0.1) is 0 Å². The van der Waals surface area contributed by atoms with Crippen molar-refractivity contribution < 1.29 is 28.9 Å². The molecule has 1 aromatic carbocycles. The molecule has 1 aliphatic carbocycles. The van der Waals surface area contributed by atoms with Gasteiger partial charge in [0, 0.05) is 38.8 Å². The first-order valence-corrected chi connectivity index (χ1v) is 13.9. The van der Waals surface area contributed by atoms with Crippen molar-refractivity contribution in [3.63, 3.8) is 0 Å². The van der Waals surface area contributed by atoms with E-state index in [2.05, 4.69) is 5.32 Å². The van der Waals surface area contributed by atoms with Crippen LogP contribution in [0.3, 0.4) is 0 Å². The number of methoxy groups -OCH3 is 1. The zero-order valence-corrected chi connectivity index (χ0v) is 23.1. The van der Waals surface area contributed by atoms with E-state index in [-0.39, 0.29) is 35.8 Å². The van der Waals surface area contributed by atoms with Crippen LogP contribution in [-0.2, 0) is 31.9 Å². The number of allylic oxidation sites excluding steroid dienone is 2. The number of rotatable bonds is 11. The van der Waals surface area contributed by atoms with E-state index in [1.54, 1.807) is 0 Å². The first-order chi connectivity index (χ1) is 18.2. The summed E-state index contributed by atoms with van der Waals surface area (Å²) in [5, 5.41) is 13.8. The number of carbonyl (C=O) groups is 2. The van der Waals surface area contributed by atoms with Crippen LogP contribution in [0, 0.1) is 5.92 Å². The van der Waals surface area contributed by atoms with E-state index in [9.17, 15) is 14.7 Å². The Labute approximate surface area is 226 Å². The zero-order chi connectivity index (χ0) is 27.5. The Morgan fingerprint density at radius 3 is 2.39 bits per heavy atom. The molecule has 0 amide bonds. The smallest absolute Gasteiger partial charge is 0.302 e. The number of esters is 2. The molecule has 8 heteroatoms. The van der Waals surface area contributed by atoms with Gasteiger partial charge in [0.15, 0.2) is 11.5 Å². The molecule has 0 saturated heterocycles. The van der Waals surface area contributed by atoms with Crippen molar-refractivity contribution >= 4 is 11.9 Å². The van der Waals surface area contributed by atoms with E-state index in [0.29, 0.717) is 43.8 Å². The second-order valence-corrected chi connectivity index (χ2v) is 10.5. The quantitative estimate of drug-likeness (QED) is 0.350. The highest BCUT2D eigenvalue weighted by Gasteiger charge is 2.29. The summed E-state index contributed by atoms with van der Waals surface area (Å²) >= 11 is 0. The van der Waals surface area contributed by atoms with Gasteiger partial charge in [-0.25, -0.2) is 0 Å². The standard InChI is InChI=1S/C30H44N2O6/c1-20(33)37-26(19-27(38-21(2)34)24-9-7-5-4-6-8-10-24)12-11-22-15-25(30(35)28(17-22)36-3)16-23-13-14-32-29(31)18-23/h13,15,17-18,24,26-27,32,35H,4-12,14,16,19,31H2,1-3H3. The molecule has 4 N–H and O–H groups in total. The number of aromatic hydroxyl groups is 1. The lowest BCUT2D eigenvalue weighted by Crippen LogP contribution is -2.33. The molecular weight excluding hydrogens is 484 g/mol. The maximum atomic E-state index is 12.0. The minimum Gasteiger partial charge on any atom is -0.504 e. The van der Waals surface area contributed by atoms with Crippen LogP contribution in [0.1, 0.15) is 82.8 Å². The van der Waals surface area contributed by atoms with Gasteiger partial charge in [0.05, 0.1) is 12.9 Å². The molecule has 1 aliphatic heterocycles. The van der Waals surface area contributed by atoms with Crippen molar-refractivity contribution in [2.75, 3.05) is 13.7 Å². The summed E-state index contributed by atoms with van der Waals surface area (Å²) in [4.78, 5) is 24.0. The Kier molecular flexibility index (Phi) is 11.4. The molecule has 1 heterocycles. The molecule has 1 fully saturated rings. The number of phenolic OH excluding ortho intramolecular Hbond substituents is 1. The van der Waals surface area contributed by atoms with Crippen LogP contribution in [-0.4, -0.2) is 42.9 Å². The fourth-order valence-corrected chi connectivity index (χ4v) is 5.57. The van der Waals surface area contributed by atoms with Crippen molar-refractivity contribution in [3.8, 4) is 11.5 Å². The van der Waals surface area contributed by atoms with Gasteiger partial charge in [-0.3, -0.25) is 9.59 Å². The van der Waals surface area contributed by atoms with Gasteiger partial charge >= 0.3 is 11.9 Å². The van der Waals surface area contributed by atoms with Crippen molar-refractivity contribution in [1.82, 2.24) is 5.32 Å². The van der Waals surface area contributed by atoms with Crippen LogP contribution < -0.4 is 15.8 Å². The van der Waals surface area contributed by atoms with Crippen molar-refractivity contribution in [2.45, 2.75) is 96.7 Å². The summed E-state index contributed by atoms with van der Waals surface area (Å²) in [6.07, 6.45) is 13.4. The van der Waals surface area contributed by atoms with Gasteiger partial charge in [0.1, 0.15) is 12.2 Å². The largest absolute Gasteiger partial charge is 0.504 e. The molecule has 2 atom stereocenters. The van der Waals surface area contributed by atoms with Gasteiger partial charge in [0.2, 0.25) is 0 Å². The van der Waals surface area contributed by atoms with Crippen molar-refractivity contribution in [3.05, 3.63) is 46.8 Å². The highest BCUT2D eigenvalue weighted by Crippen LogP contribution is 2.35. The normalized spacial score (nSPS) is 18.1. The summed E-state index contributed by atoms with van der Waals surface area (Å²) < 4.78 is 17.0. The maximum Gasteiger partial charge on any atom is 0.302 e. The van der Waals surface area contributed by atoms with E-state index in [0.717, 1.165) is 42.4 Å². The van der Waals surface area contributed by atoms with Crippen LogP contribution in [0.15, 0.2) is 35.7 Å².